The first kappa shape index (κ1) is 9.21. The highest BCUT2D eigenvalue weighted by atomic mass is 32.2. The van der Waals surface area contributed by atoms with Crippen LogP contribution in [-0.4, -0.2) is 14.4 Å². The van der Waals surface area contributed by atoms with Gasteiger partial charge in [-0.3, -0.25) is 0 Å². The van der Waals surface area contributed by atoms with Gasteiger partial charge in [0.1, 0.15) is 4.90 Å². The molecule has 0 saturated carbocycles. The third kappa shape index (κ3) is 1.13. The van der Waals surface area contributed by atoms with Crippen LogP contribution in [0.5, 0.6) is 0 Å². The summed E-state index contributed by atoms with van der Waals surface area (Å²) in [5, 5.41) is 0. The molecule has 74 valence electrons. The highest BCUT2D eigenvalue weighted by Gasteiger charge is 2.36. The lowest BCUT2D eigenvalue weighted by Gasteiger charge is -2.00. The van der Waals surface area contributed by atoms with Crippen LogP contribution >= 0.6 is 0 Å². The van der Waals surface area contributed by atoms with Gasteiger partial charge in [-0.2, -0.15) is 8.42 Å². The molecule has 1 heterocycles. The van der Waals surface area contributed by atoms with E-state index in [9.17, 15) is 13.2 Å². The maximum absolute atomic E-state index is 11.4. The number of fused-ring (bicyclic) bond motifs is 1. The lowest BCUT2D eigenvalue weighted by Crippen LogP contribution is -2.01. The first-order chi connectivity index (χ1) is 6.56. The van der Waals surface area contributed by atoms with E-state index in [1.165, 1.54) is 6.07 Å². The molecule has 14 heavy (non-hydrogen) atoms. The molecule has 0 spiro atoms. The first-order valence-corrected chi connectivity index (χ1v) is 5.58. The molecule has 0 aromatic heterocycles. The van der Waals surface area contributed by atoms with Crippen molar-refractivity contribution in [2.24, 2.45) is 0 Å². The van der Waals surface area contributed by atoms with Gasteiger partial charge in [0.25, 0.3) is 0 Å². The minimum atomic E-state index is -3.85. The Balaban J connectivity index is 2.82. The van der Waals surface area contributed by atoms with Gasteiger partial charge in [-0.05, 0) is 18.1 Å². The molecule has 1 aliphatic rings. The molecular weight excluding hydrogens is 204 g/mol. The van der Waals surface area contributed by atoms with Crippen LogP contribution in [0, 0.1) is 0 Å². The van der Waals surface area contributed by atoms with Crippen molar-refractivity contribution in [1.82, 2.24) is 0 Å². The monoisotopic (exact) mass is 212 g/mol. The van der Waals surface area contributed by atoms with E-state index >= 15 is 0 Å². The fraction of sp³-hybridized carbons (Fsp3) is 0.222. The molecule has 0 unspecified atom stereocenters. The zero-order valence-corrected chi connectivity index (χ0v) is 8.30. The summed E-state index contributed by atoms with van der Waals surface area (Å²) in [6.07, 6.45) is 0.555. The summed E-state index contributed by atoms with van der Waals surface area (Å²) in [5.74, 6) is -0.782. The Hall–Kier alpha value is -1.36. The van der Waals surface area contributed by atoms with Crippen molar-refractivity contribution in [2.75, 3.05) is 0 Å². The number of rotatable bonds is 1. The molecule has 1 aliphatic heterocycles. The average molecular weight is 212 g/mol. The van der Waals surface area contributed by atoms with Crippen LogP contribution in [0.3, 0.4) is 0 Å². The van der Waals surface area contributed by atoms with Crippen molar-refractivity contribution in [3.05, 3.63) is 29.3 Å². The molecule has 4 nitrogen and oxygen atoms in total. The molecule has 2 rings (SSSR count). The van der Waals surface area contributed by atoms with E-state index < -0.39 is 16.1 Å². The Morgan fingerprint density at radius 1 is 1.36 bits per heavy atom. The summed E-state index contributed by atoms with van der Waals surface area (Å²) in [6, 6.07) is 4.79. The Kier molecular flexibility index (Phi) is 1.85. The summed E-state index contributed by atoms with van der Waals surface area (Å²) in [7, 11) is -3.85. The van der Waals surface area contributed by atoms with Gasteiger partial charge in [0.05, 0.1) is 5.56 Å². The van der Waals surface area contributed by atoms with Gasteiger partial charge in [-0.1, -0.05) is 19.1 Å². The van der Waals surface area contributed by atoms with Crippen molar-refractivity contribution in [1.29, 1.82) is 0 Å². The predicted molar refractivity (Wildman–Crippen MR) is 48.4 cm³/mol. The molecule has 0 aliphatic carbocycles. The Bertz CT molecular complexity index is 502. The standard InChI is InChI=1S/C9H8O4S/c1-2-6-4-3-5-7-8(6)14(11,12)13-9(7)10/h3-5H,2H2,1H3. The molecule has 0 fully saturated rings. The minimum absolute atomic E-state index is 0.0347. The molecule has 1 aromatic rings. The van der Waals surface area contributed by atoms with Crippen LogP contribution in [0.25, 0.3) is 0 Å². The summed E-state index contributed by atoms with van der Waals surface area (Å²) in [4.78, 5) is 11.2. The molecule has 5 heteroatoms. The number of carbonyl (C=O) groups is 1. The van der Waals surface area contributed by atoms with Crippen LogP contribution in [0.4, 0.5) is 0 Å². The summed E-state index contributed by atoms with van der Waals surface area (Å²) in [6.45, 7) is 1.83. The molecule has 0 bridgehead atoms. The molecular formula is C9H8O4S. The van der Waals surface area contributed by atoms with Crippen molar-refractivity contribution in [3.63, 3.8) is 0 Å². The zero-order valence-electron chi connectivity index (χ0n) is 7.48. The molecule has 0 radical (unpaired) electrons. The molecule has 0 amide bonds. The number of hydrogen-bond donors (Lipinski definition) is 0. The fourth-order valence-corrected chi connectivity index (χ4v) is 2.83. The van der Waals surface area contributed by atoms with E-state index in [1.807, 2.05) is 6.92 Å². The number of carbonyl (C=O) groups excluding carboxylic acids is 1. The normalized spacial score (nSPS) is 17.6. The summed E-state index contributed by atoms with van der Waals surface area (Å²) in [5.41, 5.74) is 0.762. The molecule has 0 N–H and O–H groups in total. The van der Waals surface area contributed by atoms with E-state index in [0.29, 0.717) is 12.0 Å². The van der Waals surface area contributed by atoms with E-state index in [0.717, 1.165) is 0 Å². The van der Waals surface area contributed by atoms with Gasteiger partial charge >= 0.3 is 16.1 Å². The Morgan fingerprint density at radius 2 is 2.07 bits per heavy atom. The van der Waals surface area contributed by atoms with Crippen LogP contribution in [0.1, 0.15) is 22.8 Å². The van der Waals surface area contributed by atoms with Gasteiger partial charge in [0.2, 0.25) is 0 Å². The second-order valence-electron chi connectivity index (χ2n) is 2.97. The molecule has 0 saturated heterocycles. The fourth-order valence-electron chi connectivity index (χ4n) is 1.51. The third-order valence-electron chi connectivity index (χ3n) is 2.13. The lowest BCUT2D eigenvalue weighted by molar-refractivity contribution is 0.0762. The zero-order chi connectivity index (χ0) is 10.3. The van der Waals surface area contributed by atoms with Gasteiger partial charge in [-0.15, -0.1) is 0 Å². The Morgan fingerprint density at radius 3 is 2.71 bits per heavy atom. The highest BCUT2D eigenvalue weighted by Crippen LogP contribution is 2.30. The van der Waals surface area contributed by atoms with Gasteiger partial charge in [0.15, 0.2) is 0 Å². The quantitative estimate of drug-likeness (QED) is 0.654. The second-order valence-corrected chi connectivity index (χ2v) is 4.46. The van der Waals surface area contributed by atoms with Crippen molar-refractivity contribution in [2.45, 2.75) is 18.2 Å². The van der Waals surface area contributed by atoms with Crippen molar-refractivity contribution >= 4 is 16.1 Å². The number of aryl methyl sites for hydroxylation is 1. The predicted octanol–water partition coefficient (Wildman–Crippen LogP) is 1.11. The van der Waals surface area contributed by atoms with Gasteiger partial charge in [-0.25, -0.2) is 4.79 Å². The molecule has 0 atom stereocenters. The van der Waals surface area contributed by atoms with Crippen LogP contribution in [0.2, 0.25) is 0 Å². The maximum Gasteiger partial charge on any atom is 0.355 e. The number of hydrogen-bond acceptors (Lipinski definition) is 4. The van der Waals surface area contributed by atoms with E-state index in [2.05, 4.69) is 4.18 Å². The second kappa shape index (κ2) is 2.81. The highest BCUT2D eigenvalue weighted by molar-refractivity contribution is 7.87. The Labute approximate surface area is 81.6 Å². The number of benzene rings is 1. The largest absolute Gasteiger partial charge is 0.355 e. The van der Waals surface area contributed by atoms with E-state index in [1.54, 1.807) is 12.1 Å². The maximum atomic E-state index is 11.4. The van der Waals surface area contributed by atoms with Gasteiger partial charge in [0, 0.05) is 0 Å². The van der Waals surface area contributed by atoms with Crippen LogP contribution in [-0.2, 0) is 20.7 Å². The average Bonchev–Trinajstić information content (AvgIpc) is 2.38. The van der Waals surface area contributed by atoms with Crippen LogP contribution in [0.15, 0.2) is 23.1 Å². The lowest BCUT2D eigenvalue weighted by atomic mass is 10.1. The van der Waals surface area contributed by atoms with E-state index in [4.69, 9.17) is 0 Å². The van der Waals surface area contributed by atoms with E-state index in [-0.39, 0.29) is 10.5 Å². The summed E-state index contributed by atoms with van der Waals surface area (Å²) >= 11 is 0. The van der Waals surface area contributed by atoms with Crippen molar-refractivity contribution < 1.29 is 17.4 Å². The minimum Gasteiger partial charge on any atom is -0.338 e. The van der Waals surface area contributed by atoms with Crippen LogP contribution < -0.4 is 0 Å². The SMILES string of the molecule is CCc1cccc2c1S(=O)(=O)OC2=O. The smallest absolute Gasteiger partial charge is 0.338 e. The van der Waals surface area contributed by atoms with Gasteiger partial charge < -0.3 is 4.18 Å². The third-order valence-corrected chi connectivity index (χ3v) is 3.49. The first-order valence-electron chi connectivity index (χ1n) is 4.17. The topological polar surface area (TPSA) is 60.4 Å². The molecule has 1 aromatic carbocycles. The van der Waals surface area contributed by atoms with Crippen molar-refractivity contribution in [3.8, 4) is 0 Å². The summed E-state index contributed by atoms with van der Waals surface area (Å²) < 4.78 is 27.1.